The van der Waals surface area contributed by atoms with Gasteiger partial charge in [-0.3, -0.25) is 9.59 Å². The number of carbonyl (C=O) groups is 2. The van der Waals surface area contributed by atoms with E-state index in [0.717, 1.165) is 5.69 Å². The minimum absolute atomic E-state index is 0.169. The summed E-state index contributed by atoms with van der Waals surface area (Å²) in [5, 5.41) is 11.9. The van der Waals surface area contributed by atoms with E-state index in [1.807, 2.05) is 37.3 Å². The van der Waals surface area contributed by atoms with Gasteiger partial charge in [0.1, 0.15) is 0 Å². The molecule has 102 valence electrons. The van der Waals surface area contributed by atoms with Gasteiger partial charge in [0, 0.05) is 18.8 Å². The molecule has 2 rings (SSSR count). The summed E-state index contributed by atoms with van der Waals surface area (Å²) in [6.07, 6.45) is -0.186. The van der Waals surface area contributed by atoms with Gasteiger partial charge in [-0.1, -0.05) is 25.1 Å². The zero-order valence-electron chi connectivity index (χ0n) is 10.9. The van der Waals surface area contributed by atoms with E-state index in [0.29, 0.717) is 13.1 Å². The fraction of sp³-hybridized carbons (Fsp3) is 0.429. The molecule has 0 spiro atoms. The minimum atomic E-state index is -0.964. The van der Waals surface area contributed by atoms with E-state index in [1.165, 1.54) is 0 Å². The maximum absolute atomic E-state index is 12.4. The Balaban J connectivity index is 2.24. The molecule has 5 heteroatoms. The van der Waals surface area contributed by atoms with E-state index in [4.69, 9.17) is 5.11 Å². The first-order chi connectivity index (χ1) is 9.08. The van der Waals surface area contributed by atoms with Gasteiger partial charge in [0.25, 0.3) is 0 Å². The summed E-state index contributed by atoms with van der Waals surface area (Å²) in [5.41, 5.74) is 0.818. The number of carboxylic acid groups (broad SMARTS) is 1. The number of hydrogen-bond acceptors (Lipinski definition) is 3. The number of anilines is 1. The van der Waals surface area contributed by atoms with Gasteiger partial charge in [-0.15, -0.1) is 0 Å². The van der Waals surface area contributed by atoms with Crippen molar-refractivity contribution >= 4 is 17.6 Å². The summed E-state index contributed by atoms with van der Waals surface area (Å²) >= 11 is 0. The first kappa shape index (κ1) is 13.5. The Kier molecular flexibility index (Phi) is 4.16. The lowest BCUT2D eigenvalue weighted by Crippen LogP contribution is -2.44. The number of nitrogens with one attached hydrogen (secondary N) is 1. The Morgan fingerprint density at radius 1 is 1.42 bits per heavy atom. The van der Waals surface area contributed by atoms with Crippen LogP contribution in [0.1, 0.15) is 13.3 Å². The van der Waals surface area contributed by atoms with Crippen LogP contribution in [0.5, 0.6) is 0 Å². The Morgan fingerprint density at radius 3 is 2.74 bits per heavy atom. The van der Waals surface area contributed by atoms with Crippen LogP contribution in [0.4, 0.5) is 5.69 Å². The van der Waals surface area contributed by atoms with E-state index < -0.39 is 12.0 Å². The first-order valence-corrected chi connectivity index (χ1v) is 6.39. The summed E-state index contributed by atoms with van der Waals surface area (Å²) in [5.74, 6) is -0.852. The van der Waals surface area contributed by atoms with Crippen molar-refractivity contribution in [2.24, 2.45) is 5.92 Å². The first-order valence-electron chi connectivity index (χ1n) is 6.39. The molecular formula is C14H18N2O3. The third-order valence-corrected chi connectivity index (χ3v) is 3.22. The van der Waals surface area contributed by atoms with Crippen LogP contribution < -0.4 is 10.2 Å². The monoisotopic (exact) mass is 262 g/mol. The number of aliphatic carboxylic acids is 1. The van der Waals surface area contributed by atoms with Gasteiger partial charge in [0.05, 0.1) is 12.5 Å². The maximum Gasteiger partial charge on any atom is 0.305 e. The number of nitrogens with zero attached hydrogens (tertiary/aromatic N) is 1. The highest BCUT2D eigenvalue weighted by molar-refractivity contribution is 5.99. The van der Waals surface area contributed by atoms with Crippen molar-refractivity contribution in [1.29, 1.82) is 0 Å². The molecule has 19 heavy (non-hydrogen) atoms. The highest BCUT2D eigenvalue weighted by atomic mass is 16.4. The smallest absolute Gasteiger partial charge is 0.305 e. The fourth-order valence-corrected chi connectivity index (χ4v) is 2.26. The Hall–Kier alpha value is -1.88. The zero-order chi connectivity index (χ0) is 13.8. The van der Waals surface area contributed by atoms with Gasteiger partial charge in [-0.25, -0.2) is 0 Å². The van der Waals surface area contributed by atoms with Crippen LogP contribution in [0.2, 0.25) is 0 Å². The number of benzene rings is 1. The SMILES string of the molecule is CC1CNC(CC(=O)O)C(=O)N(c2ccccc2)C1. The van der Waals surface area contributed by atoms with E-state index in [-0.39, 0.29) is 18.2 Å². The Morgan fingerprint density at radius 2 is 2.11 bits per heavy atom. The molecule has 0 aliphatic carbocycles. The molecule has 1 fully saturated rings. The van der Waals surface area contributed by atoms with Crippen LogP contribution in [0.3, 0.4) is 0 Å². The van der Waals surface area contributed by atoms with Gasteiger partial charge in [-0.05, 0) is 18.1 Å². The van der Waals surface area contributed by atoms with Crippen molar-refractivity contribution in [3.63, 3.8) is 0 Å². The third-order valence-electron chi connectivity index (χ3n) is 3.22. The molecule has 1 aromatic carbocycles. The molecule has 1 aromatic rings. The summed E-state index contributed by atoms with van der Waals surface area (Å²) in [4.78, 5) is 24.9. The molecule has 1 saturated heterocycles. The van der Waals surface area contributed by atoms with Crippen LogP contribution in [0.15, 0.2) is 30.3 Å². The second-order valence-corrected chi connectivity index (χ2v) is 4.95. The van der Waals surface area contributed by atoms with Crippen LogP contribution in [0, 0.1) is 5.92 Å². The molecule has 1 aliphatic rings. The topological polar surface area (TPSA) is 69.6 Å². The molecule has 0 bridgehead atoms. The van der Waals surface area contributed by atoms with Crippen LogP contribution in [-0.2, 0) is 9.59 Å². The summed E-state index contributed by atoms with van der Waals surface area (Å²) in [6, 6.07) is 8.72. The average molecular weight is 262 g/mol. The van der Waals surface area contributed by atoms with Gasteiger partial charge < -0.3 is 15.3 Å². The lowest BCUT2D eigenvalue weighted by molar-refractivity contribution is -0.139. The maximum atomic E-state index is 12.4. The zero-order valence-corrected chi connectivity index (χ0v) is 10.9. The lowest BCUT2D eigenvalue weighted by atomic mass is 10.1. The van der Waals surface area contributed by atoms with Gasteiger partial charge in [0.15, 0.2) is 0 Å². The van der Waals surface area contributed by atoms with E-state index in [9.17, 15) is 9.59 Å². The van der Waals surface area contributed by atoms with E-state index in [1.54, 1.807) is 4.90 Å². The predicted molar refractivity (Wildman–Crippen MR) is 72.0 cm³/mol. The van der Waals surface area contributed by atoms with Crippen molar-refractivity contribution in [2.45, 2.75) is 19.4 Å². The number of carbonyl (C=O) groups excluding carboxylic acids is 1. The number of hydrogen-bond donors (Lipinski definition) is 2. The molecule has 0 saturated carbocycles. The molecule has 1 aliphatic heterocycles. The largest absolute Gasteiger partial charge is 0.481 e. The van der Waals surface area contributed by atoms with E-state index >= 15 is 0 Å². The molecule has 2 unspecified atom stereocenters. The number of rotatable bonds is 3. The molecule has 2 atom stereocenters. The summed E-state index contributed by atoms with van der Waals surface area (Å²) in [6.45, 7) is 3.29. The Bertz CT molecular complexity index is 461. The Labute approximate surface area is 112 Å². The van der Waals surface area contributed by atoms with E-state index in [2.05, 4.69) is 5.32 Å². The third kappa shape index (κ3) is 3.32. The molecule has 1 amide bonds. The highest BCUT2D eigenvalue weighted by Gasteiger charge is 2.31. The van der Waals surface area contributed by atoms with Crippen molar-refractivity contribution < 1.29 is 14.7 Å². The highest BCUT2D eigenvalue weighted by Crippen LogP contribution is 2.19. The summed E-state index contributed by atoms with van der Waals surface area (Å²) in [7, 11) is 0. The lowest BCUT2D eigenvalue weighted by Gasteiger charge is -2.24. The molecular weight excluding hydrogens is 244 g/mol. The normalized spacial score (nSPS) is 24.1. The quantitative estimate of drug-likeness (QED) is 0.856. The number of amides is 1. The second kappa shape index (κ2) is 5.84. The van der Waals surface area contributed by atoms with Crippen LogP contribution in [-0.4, -0.2) is 36.1 Å². The number of carboxylic acids is 1. The standard InChI is InChI=1S/C14H18N2O3/c1-10-8-15-12(7-13(17)18)14(19)16(9-10)11-5-3-2-4-6-11/h2-6,10,12,15H,7-9H2,1H3,(H,17,18). The fourth-order valence-electron chi connectivity index (χ4n) is 2.26. The van der Waals surface area contributed by atoms with Gasteiger partial charge >= 0.3 is 5.97 Å². The van der Waals surface area contributed by atoms with Crippen molar-refractivity contribution in [3.05, 3.63) is 30.3 Å². The summed E-state index contributed by atoms with van der Waals surface area (Å²) < 4.78 is 0. The number of para-hydroxylation sites is 1. The molecule has 2 N–H and O–H groups in total. The van der Waals surface area contributed by atoms with Gasteiger partial charge in [0.2, 0.25) is 5.91 Å². The molecule has 0 radical (unpaired) electrons. The van der Waals surface area contributed by atoms with Gasteiger partial charge in [-0.2, -0.15) is 0 Å². The van der Waals surface area contributed by atoms with Crippen molar-refractivity contribution in [3.8, 4) is 0 Å². The molecule has 0 aromatic heterocycles. The molecule has 5 nitrogen and oxygen atoms in total. The van der Waals surface area contributed by atoms with Crippen molar-refractivity contribution in [2.75, 3.05) is 18.0 Å². The van der Waals surface area contributed by atoms with Crippen LogP contribution >= 0.6 is 0 Å². The second-order valence-electron chi connectivity index (χ2n) is 4.95. The van der Waals surface area contributed by atoms with Crippen LogP contribution in [0.25, 0.3) is 0 Å². The average Bonchev–Trinajstić information content (AvgIpc) is 2.52. The minimum Gasteiger partial charge on any atom is -0.481 e. The van der Waals surface area contributed by atoms with Crippen molar-refractivity contribution in [1.82, 2.24) is 5.32 Å². The predicted octanol–water partition coefficient (Wildman–Crippen LogP) is 1.10. The molecule has 1 heterocycles.